The van der Waals surface area contributed by atoms with Crippen LogP contribution in [0.3, 0.4) is 0 Å². The van der Waals surface area contributed by atoms with E-state index in [4.69, 9.17) is 13.7 Å². The van der Waals surface area contributed by atoms with E-state index in [2.05, 4.69) is 0 Å². The molecule has 2 rings (SSSR count). The maximum atomic E-state index is 13.2. The van der Waals surface area contributed by atoms with Gasteiger partial charge >= 0.3 is 28.2 Å². The Hall–Kier alpha value is -3.08. The van der Waals surface area contributed by atoms with Crippen LogP contribution < -0.4 is 4.18 Å². The lowest BCUT2D eigenvalue weighted by atomic mass is 10.1. The molecule has 2 aromatic rings. The molecule has 7 nitrogen and oxygen atoms in total. The van der Waals surface area contributed by atoms with Crippen molar-refractivity contribution in [3.05, 3.63) is 59.2 Å². The molecule has 0 spiro atoms. The van der Waals surface area contributed by atoms with E-state index in [1.165, 1.54) is 13.8 Å². The average molecular weight is 446 g/mol. The third-order valence-electron chi connectivity index (χ3n) is 3.60. The van der Waals surface area contributed by atoms with Gasteiger partial charge in [-0.3, -0.25) is 0 Å². The highest BCUT2D eigenvalue weighted by Crippen LogP contribution is 2.35. The van der Waals surface area contributed by atoms with Crippen molar-refractivity contribution >= 4 is 22.1 Å². The molecule has 0 aliphatic rings. The van der Waals surface area contributed by atoms with Crippen molar-refractivity contribution in [2.24, 2.45) is 0 Å². The number of halogens is 3. The van der Waals surface area contributed by atoms with Crippen LogP contribution in [0.5, 0.6) is 5.75 Å². The van der Waals surface area contributed by atoms with Crippen LogP contribution in [0.25, 0.3) is 0 Å². The Balaban J connectivity index is 2.53. The number of alkyl halides is 3. The molecule has 0 amide bonds. The SMILES string of the molecule is CCOC(=O)c1cc(OS(=O)(=O)c2ccccc2C(F)(F)F)cc(C(=O)OCC)c1. The number of esters is 2. The summed E-state index contributed by atoms with van der Waals surface area (Å²) in [6, 6.07) is 6.43. The van der Waals surface area contributed by atoms with Gasteiger partial charge in [0.15, 0.2) is 0 Å². The van der Waals surface area contributed by atoms with Gasteiger partial charge < -0.3 is 13.7 Å². The van der Waals surface area contributed by atoms with Gasteiger partial charge in [-0.1, -0.05) is 12.1 Å². The lowest BCUT2D eigenvalue weighted by Gasteiger charge is -2.14. The molecule has 11 heteroatoms. The predicted molar refractivity (Wildman–Crippen MR) is 97.6 cm³/mol. The summed E-state index contributed by atoms with van der Waals surface area (Å²) in [7, 11) is -4.96. The first-order chi connectivity index (χ1) is 14.0. The minimum atomic E-state index is -4.96. The summed E-state index contributed by atoms with van der Waals surface area (Å²) in [5.41, 5.74) is -1.90. The molecule has 162 valence electrons. The third-order valence-corrected chi connectivity index (χ3v) is 4.90. The topological polar surface area (TPSA) is 96.0 Å². The molecule has 0 radical (unpaired) electrons. The van der Waals surface area contributed by atoms with E-state index >= 15 is 0 Å². The first-order valence-corrected chi connectivity index (χ1v) is 10.0. The van der Waals surface area contributed by atoms with Crippen molar-refractivity contribution in [3.8, 4) is 5.75 Å². The second kappa shape index (κ2) is 9.16. The highest BCUT2D eigenvalue weighted by Gasteiger charge is 2.37. The normalized spacial score (nSPS) is 11.6. The number of benzene rings is 2. The number of ether oxygens (including phenoxy) is 2. The zero-order valence-electron chi connectivity index (χ0n) is 15.9. The Kier molecular flexibility index (Phi) is 7.08. The first kappa shape index (κ1) is 23.2. The second-order valence-corrected chi connectivity index (χ2v) is 7.23. The molecule has 0 unspecified atom stereocenters. The van der Waals surface area contributed by atoms with Gasteiger partial charge in [0.1, 0.15) is 10.6 Å². The molecule has 0 heterocycles. The van der Waals surface area contributed by atoms with Crippen molar-refractivity contribution < 1.29 is 44.8 Å². The van der Waals surface area contributed by atoms with Gasteiger partial charge in [-0.15, -0.1) is 0 Å². The van der Waals surface area contributed by atoms with Gasteiger partial charge in [0.25, 0.3) is 0 Å². The molecule has 2 aromatic carbocycles. The van der Waals surface area contributed by atoms with E-state index in [-0.39, 0.29) is 24.3 Å². The van der Waals surface area contributed by atoms with Gasteiger partial charge in [-0.25, -0.2) is 9.59 Å². The average Bonchev–Trinajstić information content (AvgIpc) is 2.67. The smallest absolute Gasteiger partial charge is 0.417 e. The van der Waals surface area contributed by atoms with Crippen molar-refractivity contribution in [1.82, 2.24) is 0 Å². The fourth-order valence-corrected chi connectivity index (χ4v) is 3.54. The van der Waals surface area contributed by atoms with Crippen LogP contribution in [-0.2, 0) is 25.8 Å². The van der Waals surface area contributed by atoms with Crippen LogP contribution in [-0.4, -0.2) is 33.6 Å². The van der Waals surface area contributed by atoms with Gasteiger partial charge in [0.2, 0.25) is 0 Å². The summed E-state index contributed by atoms with van der Waals surface area (Å²) < 4.78 is 79.1. The molecule has 0 bridgehead atoms. The van der Waals surface area contributed by atoms with Crippen molar-refractivity contribution in [1.29, 1.82) is 0 Å². The molecule has 0 aliphatic heterocycles. The number of rotatable bonds is 7. The summed E-state index contributed by atoms with van der Waals surface area (Å²) in [6.07, 6.45) is -4.95. The quantitative estimate of drug-likeness (QED) is 0.471. The number of carbonyl (C=O) groups is 2. The molecule has 30 heavy (non-hydrogen) atoms. The summed E-state index contributed by atoms with van der Waals surface area (Å²) in [5.74, 6) is -2.33. The molecule has 0 aliphatic carbocycles. The highest BCUT2D eigenvalue weighted by molar-refractivity contribution is 7.87. The van der Waals surface area contributed by atoms with E-state index < -0.39 is 44.4 Å². The van der Waals surface area contributed by atoms with Gasteiger partial charge in [0, 0.05) is 0 Å². The van der Waals surface area contributed by atoms with E-state index in [9.17, 15) is 31.2 Å². The second-order valence-electron chi connectivity index (χ2n) is 5.72. The zero-order chi connectivity index (χ0) is 22.5. The predicted octanol–water partition coefficient (Wildman–Crippen LogP) is 3.83. The zero-order valence-corrected chi connectivity index (χ0v) is 16.7. The fourth-order valence-electron chi connectivity index (χ4n) is 2.40. The Morgan fingerprint density at radius 3 is 1.87 bits per heavy atom. The summed E-state index contributed by atoms with van der Waals surface area (Å²) in [4.78, 5) is 22.9. The van der Waals surface area contributed by atoms with Gasteiger partial charge in [-0.2, -0.15) is 21.6 Å². The molecule has 0 saturated heterocycles. The molecular weight excluding hydrogens is 429 g/mol. The minimum absolute atomic E-state index is 0.00405. The summed E-state index contributed by atoms with van der Waals surface area (Å²) in [6.45, 7) is 3.05. The fraction of sp³-hybridized carbons (Fsp3) is 0.263. The minimum Gasteiger partial charge on any atom is -0.462 e. The Labute approximate surface area is 170 Å². The number of carbonyl (C=O) groups excluding carboxylic acids is 2. The monoisotopic (exact) mass is 446 g/mol. The maximum Gasteiger partial charge on any atom is 0.417 e. The standard InChI is InChI=1S/C19H17F3O7S/c1-3-27-17(23)12-9-13(18(24)28-4-2)11-14(10-12)29-30(25,26)16-8-6-5-7-15(16)19(20,21)22/h5-11H,3-4H2,1-2H3. The van der Waals surface area contributed by atoms with E-state index in [1.54, 1.807) is 0 Å². The third kappa shape index (κ3) is 5.50. The molecule has 0 saturated carbocycles. The summed E-state index contributed by atoms with van der Waals surface area (Å²) in [5, 5.41) is 0. The lowest BCUT2D eigenvalue weighted by Crippen LogP contribution is -2.18. The Morgan fingerprint density at radius 2 is 1.40 bits per heavy atom. The van der Waals surface area contributed by atoms with Crippen molar-refractivity contribution in [2.75, 3.05) is 13.2 Å². The molecule has 0 aromatic heterocycles. The van der Waals surface area contributed by atoms with Gasteiger partial charge in [0.05, 0.1) is 29.9 Å². The van der Waals surface area contributed by atoms with E-state index in [0.717, 1.165) is 36.4 Å². The van der Waals surface area contributed by atoms with Crippen LogP contribution in [0.4, 0.5) is 13.2 Å². The van der Waals surface area contributed by atoms with Crippen molar-refractivity contribution in [2.45, 2.75) is 24.9 Å². The van der Waals surface area contributed by atoms with Crippen LogP contribution in [0, 0.1) is 0 Å². The lowest BCUT2D eigenvalue weighted by molar-refractivity contribution is -0.140. The van der Waals surface area contributed by atoms with E-state index in [0.29, 0.717) is 6.07 Å². The maximum absolute atomic E-state index is 13.2. The van der Waals surface area contributed by atoms with Crippen LogP contribution >= 0.6 is 0 Å². The molecule has 0 N–H and O–H groups in total. The summed E-state index contributed by atoms with van der Waals surface area (Å²) >= 11 is 0. The molecular formula is C19H17F3O7S. The number of hydrogen-bond acceptors (Lipinski definition) is 7. The first-order valence-electron chi connectivity index (χ1n) is 8.59. The molecule has 0 atom stereocenters. The highest BCUT2D eigenvalue weighted by atomic mass is 32.2. The largest absolute Gasteiger partial charge is 0.462 e. The van der Waals surface area contributed by atoms with E-state index in [1.807, 2.05) is 0 Å². The van der Waals surface area contributed by atoms with Crippen molar-refractivity contribution in [3.63, 3.8) is 0 Å². The van der Waals surface area contributed by atoms with Crippen LogP contribution in [0.2, 0.25) is 0 Å². The molecule has 0 fully saturated rings. The Bertz CT molecular complexity index is 1010. The Morgan fingerprint density at radius 1 is 0.900 bits per heavy atom. The van der Waals surface area contributed by atoms with Crippen LogP contribution in [0.15, 0.2) is 47.4 Å². The van der Waals surface area contributed by atoms with Crippen LogP contribution in [0.1, 0.15) is 40.1 Å². The number of hydrogen-bond donors (Lipinski definition) is 0. The van der Waals surface area contributed by atoms with Gasteiger partial charge in [-0.05, 0) is 44.2 Å².